The Morgan fingerprint density at radius 2 is 1.78 bits per heavy atom. The third-order valence-corrected chi connectivity index (χ3v) is 8.67. The Morgan fingerprint density at radius 3 is 2.44 bits per heavy atom. The van der Waals surface area contributed by atoms with Crippen LogP contribution in [-0.2, 0) is 12.6 Å². The second-order valence-corrected chi connectivity index (χ2v) is 11.6. The van der Waals surface area contributed by atoms with Crippen molar-refractivity contribution in [1.82, 2.24) is 10.2 Å². The van der Waals surface area contributed by atoms with E-state index in [-0.39, 0.29) is 6.04 Å². The van der Waals surface area contributed by atoms with Crippen molar-refractivity contribution in [2.75, 3.05) is 49.5 Å². The first kappa shape index (κ1) is 25.7. The number of hydrogen-bond acceptors (Lipinski definition) is 6. The van der Waals surface area contributed by atoms with Crippen LogP contribution in [0.4, 0.5) is 24.5 Å². The molecule has 36 heavy (non-hydrogen) atoms. The number of nitrogens with zero attached hydrogens (tertiary/aromatic N) is 2. The number of halogens is 3. The zero-order chi connectivity index (χ0) is 25.4. The van der Waals surface area contributed by atoms with Gasteiger partial charge in [0.25, 0.3) is 0 Å². The van der Waals surface area contributed by atoms with E-state index in [1.54, 1.807) is 0 Å². The summed E-state index contributed by atoms with van der Waals surface area (Å²) >= 11 is 1.47. The maximum atomic E-state index is 13.9. The predicted octanol–water partition coefficient (Wildman–Crippen LogP) is 4.78. The second-order valence-electron chi connectivity index (χ2n) is 10.5. The summed E-state index contributed by atoms with van der Waals surface area (Å²) in [6.07, 6.45) is -1.94. The lowest BCUT2D eigenvalue weighted by Gasteiger charge is -2.38. The lowest BCUT2D eigenvalue weighted by atomic mass is 9.97. The first-order chi connectivity index (χ1) is 17.2. The highest BCUT2D eigenvalue weighted by Crippen LogP contribution is 2.46. The number of fused-ring (bicyclic) bond motifs is 2. The fourth-order valence-corrected chi connectivity index (χ4v) is 6.92. The van der Waals surface area contributed by atoms with Gasteiger partial charge in [-0.25, -0.2) is 0 Å². The normalized spacial score (nSPS) is 23.3. The van der Waals surface area contributed by atoms with Crippen molar-refractivity contribution in [2.45, 2.75) is 67.2 Å². The van der Waals surface area contributed by atoms with E-state index < -0.39 is 11.7 Å². The highest BCUT2D eigenvalue weighted by molar-refractivity contribution is 7.99. The molecule has 0 bridgehead atoms. The Morgan fingerprint density at radius 1 is 1.06 bits per heavy atom. The third kappa shape index (κ3) is 5.64. The molecule has 0 aliphatic carbocycles. The third-order valence-electron chi connectivity index (χ3n) is 7.49. The van der Waals surface area contributed by atoms with Crippen LogP contribution in [0.1, 0.15) is 43.4 Å². The first-order valence-corrected chi connectivity index (χ1v) is 13.8. The molecule has 2 atom stereocenters. The van der Waals surface area contributed by atoms with Gasteiger partial charge in [0, 0.05) is 85.0 Å². The fraction of sp³-hybridized carbons (Fsp3) is 0.556. The van der Waals surface area contributed by atoms with Gasteiger partial charge in [0.1, 0.15) is 0 Å². The zero-order valence-corrected chi connectivity index (χ0v) is 21.8. The lowest BCUT2D eigenvalue weighted by Crippen LogP contribution is -2.54. The van der Waals surface area contributed by atoms with Gasteiger partial charge in [-0.15, -0.1) is 0 Å². The first-order valence-electron chi connectivity index (χ1n) is 12.9. The van der Waals surface area contributed by atoms with Gasteiger partial charge in [-0.05, 0) is 62.1 Å². The Bertz CT molecular complexity index is 1070. The van der Waals surface area contributed by atoms with E-state index >= 15 is 0 Å². The number of likely N-dealkylation sites (tertiary alicyclic amines) is 1. The summed E-state index contributed by atoms with van der Waals surface area (Å²) in [6.45, 7) is 9.53. The maximum absolute atomic E-state index is 13.9. The topological polar surface area (TPSA) is 56.6 Å². The molecule has 3 aliphatic rings. The van der Waals surface area contributed by atoms with Gasteiger partial charge in [-0.1, -0.05) is 17.8 Å². The van der Waals surface area contributed by atoms with Crippen LogP contribution in [-0.4, -0.2) is 62.3 Å². The number of piperazine rings is 1. The molecule has 3 heterocycles. The molecular weight excluding hydrogens is 483 g/mol. The predicted molar refractivity (Wildman–Crippen MR) is 141 cm³/mol. The summed E-state index contributed by atoms with van der Waals surface area (Å²) < 4.78 is 41.6. The monoisotopic (exact) mass is 519 g/mol. The average molecular weight is 520 g/mol. The molecule has 5 rings (SSSR count). The van der Waals surface area contributed by atoms with E-state index in [2.05, 4.69) is 52.5 Å². The number of anilines is 2. The van der Waals surface area contributed by atoms with Crippen LogP contribution in [0.3, 0.4) is 0 Å². The number of nitrogens with one attached hydrogen (secondary N) is 2. The molecule has 9 heteroatoms. The Labute approximate surface area is 216 Å². The van der Waals surface area contributed by atoms with E-state index in [9.17, 15) is 13.2 Å². The van der Waals surface area contributed by atoms with Crippen LogP contribution >= 0.6 is 11.8 Å². The molecule has 2 aromatic rings. The van der Waals surface area contributed by atoms with Crippen molar-refractivity contribution < 1.29 is 13.2 Å². The molecular formula is C27H36F3N5S. The minimum Gasteiger partial charge on any atom is -0.382 e. The van der Waals surface area contributed by atoms with Gasteiger partial charge in [0.15, 0.2) is 0 Å². The van der Waals surface area contributed by atoms with Crippen molar-refractivity contribution >= 4 is 23.1 Å². The van der Waals surface area contributed by atoms with Crippen LogP contribution in [0.25, 0.3) is 0 Å². The van der Waals surface area contributed by atoms with Crippen LogP contribution in [0.15, 0.2) is 40.1 Å². The maximum Gasteiger partial charge on any atom is 0.416 e. The zero-order valence-electron chi connectivity index (χ0n) is 21.0. The molecule has 0 aromatic heterocycles. The molecule has 2 saturated heterocycles. The van der Waals surface area contributed by atoms with Crippen molar-refractivity contribution in [3.63, 3.8) is 0 Å². The molecule has 0 spiro atoms. The smallest absolute Gasteiger partial charge is 0.382 e. The molecule has 196 valence electrons. The minimum atomic E-state index is -4.38. The van der Waals surface area contributed by atoms with Gasteiger partial charge < -0.3 is 26.2 Å². The summed E-state index contributed by atoms with van der Waals surface area (Å²) in [7, 11) is 0. The van der Waals surface area contributed by atoms with E-state index in [0.29, 0.717) is 35.6 Å². The van der Waals surface area contributed by atoms with Crippen LogP contribution in [0, 0.1) is 0 Å². The number of piperidine rings is 1. The molecule has 2 unspecified atom stereocenters. The Kier molecular flexibility index (Phi) is 7.45. The van der Waals surface area contributed by atoms with E-state index in [1.807, 2.05) is 0 Å². The molecule has 3 aliphatic heterocycles. The quantitative estimate of drug-likeness (QED) is 0.451. The molecule has 4 N–H and O–H groups in total. The van der Waals surface area contributed by atoms with Crippen LogP contribution in [0.2, 0.25) is 0 Å². The van der Waals surface area contributed by atoms with Gasteiger partial charge in [-0.2, -0.15) is 13.2 Å². The molecule has 2 aromatic carbocycles. The standard InChI is InChI=1S/C27H36F3N5S/c1-17-15-35(16-18(2)32-17)22-4-3-19-11-23-24(33-21-5-8-34(9-6-21)10-7-31)12-20(27(28,29)30)13-26(23)36-25(19)14-22/h3-4,12-14,17-18,21,32-33H,5-11,15-16,31H2,1-2H3. The summed E-state index contributed by atoms with van der Waals surface area (Å²) in [5.74, 6) is 0. The SMILES string of the molecule is CC1CN(c2ccc3c(c2)Sc2cc(C(F)(F)F)cc(NC4CCN(CCN)CC4)c2C3)CC(C)N1. The van der Waals surface area contributed by atoms with Crippen molar-refractivity contribution in [1.29, 1.82) is 0 Å². The highest BCUT2D eigenvalue weighted by atomic mass is 32.2. The molecule has 2 fully saturated rings. The molecule has 5 nitrogen and oxygen atoms in total. The minimum absolute atomic E-state index is 0.164. The summed E-state index contributed by atoms with van der Waals surface area (Å²) in [5.41, 5.74) is 9.02. The molecule has 0 radical (unpaired) electrons. The van der Waals surface area contributed by atoms with Crippen LogP contribution < -0.4 is 21.3 Å². The van der Waals surface area contributed by atoms with E-state index in [4.69, 9.17) is 5.73 Å². The number of benzene rings is 2. The van der Waals surface area contributed by atoms with Gasteiger partial charge in [0.05, 0.1) is 5.56 Å². The van der Waals surface area contributed by atoms with Gasteiger partial charge in [-0.3, -0.25) is 0 Å². The van der Waals surface area contributed by atoms with Crippen molar-refractivity contribution in [3.8, 4) is 0 Å². The summed E-state index contributed by atoms with van der Waals surface area (Å²) in [6, 6.07) is 10.1. The lowest BCUT2D eigenvalue weighted by molar-refractivity contribution is -0.137. The number of rotatable bonds is 5. The van der Waals surface area contributed by atoms with Crippen LogP contribution in [0.5, 0.6) is 0 Å². The van der Waals surface area contributed by atoms with E-state index in [1.165, 1.54) is 29.5 Å². The Balaban J connectivity index is 1.40. The molecule has 0 saturated carbocycles. The van der Waals surface area contributed by atoms with E-state index in [0.717, 1.165) is 61.7 Å². The van der Waals surface area contributed by atoms with Gasteiger partial charge >= 0.3 is 6.18 Å². The fourth-order valence-electron chi connectivity index (χ4n) is 5.74. The van der Waals surface area contributed by atoms with Gasteiger partial charge in [0.2, 0.25) is 0 Å². The largest absolute Gasteiger partial charge is 0.416 e. The Hall–Kier alpha value is -1.94. The number of hydrogen-bond donors (Lipinski definition) is 3. The highest BCUT2D eigenvalue weighted by Gasteiger charge is 2.34. The number of nitrogens with two attached hydrogens (primary N) is 1. The second kappa shape index (κ2) is 10.4. The summed E-state index contributed by atoms with van der Waals surface area (Å²) in [4.78, 5) is 6.46. The molecule has 0 amide bonds. The number of alkyl halides is 3. The average Bonchev–Trinajstić information content (AvgIpc) is 2.82. The summed E-state index contributed by atoms with van der Waals surface area (Å²) in [5, 5.41) is 7.06. The van der Waals surface area contributed by atoms with Crippen molar-refractivity contribution in [2.24, 2.45) is 5.73 Å². The van der Waals surface area contributed by atoms with Crippen molar-refractivity contribution in [3.05, 3.63) is 47.0 Å².